The molecule has 0 bridgehead atoms. The van der Waals surface area contributed by atoms with Gasteiger partial charge in [-0.2, -0.15) is 0 Å². The molecule has 0 amide bonds. The van der Waals surface area contributed by atoms with Crippen LogP contribution in [0, 0.1) is 6.07 Å². The van der Waals surface area contributed by atoms with Gasteiger partial charge in [0, 0.05) is 0 Å². The van der Waals surface area contributed by atoms with Crippen molar-refractivity contribution >= 4 is 18.9 Å². The second-order valence-electron chi connectivity index (χ2n) is 2.49. The predicted molar refractivity (Wildman–Crippen MR) is 51.0 cm³/mol. The van der Waals surface area contributed by atoms with Crippen LogP contribution in [-0.2, 0) is 6.42 Å². The predicted octanol–water partition coefficient (Wildman–Crippen LogP) is 2.18. The van der Waals surface area contributed by atoms with Crippen LogP contribution in [0.25, 0.3) is 0 Å². The number of hydrogen-bond donors (Lipinski definition) is 0. The van der Waals surface area contributed by atoms with Crippen molar-refractivity contribution in [3.8, 4) is 0 Å². The summed E-state index contributed by atoms with van der Waals surface area (Å²) in [6, 6.07) is 11.4. The van der Waals surface area contributed by atoms with Crippen molar-refractivity contribution in [3.05, 3.63) is 35.9 Å². The van der Waals surface area contributed by atoms with Crippen molar-refractivity contribution in [2.45, 2.75) is 26.2 Å². The molecule has 0 aliphatic rings. The molecule has 0 nitrogen and oxygen atoms in total. The molecular formula is C10H14Li. The monoisotopic (exact) mass is 141 g/mol. The molecule has 0 N–H and O–H groups in total. The summed E-state index contributed by atoms with van der Waals surface area (Å²) in [5.74, 6) is 0. The Morgan fingerprint density at radius 3 is 2.73 bits per heavy atom. The molecule has 1 aromatic carbocycles. The van der Waals surface area contributed by atoms with Gasteiger partial charge in [-0.3, -0.25) is 0 Å². The van der Waals surface area contributed by atoms with Crippen LogP contribution in [0.5, 0.6) is 0 Å². The van der Waals surface area contributed by atoms with E-state index in [1.807, 2.05) is 12.1 Å². The Balaban J connectivity index is 0.000001000. The van der Waals surface area contributed by atoms with Gasteiger partial charge >= 0.3 is 18.9 Å². The number of unbranched alkanes of at least 4 members (excludes halogenated alkanes) is 1. The van der Waals surface area contributed by atoms with E-state index in [1.54, 1.807) is 0 Å². The van der Waals surface area contributed by atoms with Crippen LogP contribution in [0.3, 0.4) is 0 Å². The Bertz CT molecular complexity index is 169. The molecule has 1 heteroatoms. The zero-order chi connectivity index (χ0) is 7.23. The molecule has 0 heterocycles. The summed E-state index contributed by atoms with van der Waals surface area (Å²) in [5, 5.41) is 0. The quantitative estimate of drug-likeness (QED) is 0.566. The number of aryl methyl sites for hydroxylation is 1. The molecule has 11 heavy (non-hydrogen) atoms. The van der Waals surface area contributed by atoms with Crippen molar-refractivity contribution in [3.63, 3.8) is 0 Å². The second-order valence-corrected chi connectivity index (χ2v) is 2.49. The molecule has 1 rings (SSSR count). The summed E-state index contributed by atoms with van der Waals surface area (Å²) in [7, 11) is 0. The average Bonchev–Trinajstić information content (AvgIpc) is 2.03. The van der Waals surface area contributed by atoms with Crippen LogP contribution >= 0.6 is 0 Å². The molecule has 0 spiro atoms. The SMILES string of the molecule is CCCCc1[c]cccc1.[LiH]. The van der Waals surface area contributed by atoms with E-state index >= 15 is 0 Å². The fourth-order valence-corrected chi connectivity index (χ4v) is 0.953. The van der Waals surface area contributed by atoms with Gasteiger partial charge in [0.1, 0.15) is 0 Å². The maximum atomic E-state index is 3.20. The first-order chi connectivity index (χ1) is 4.93. The van der Waals surface area contributed by atoms with Gasteiger partial charge in [0.05, 0.1) is 0 Å². The molecule has 0 atom stereocenters. The van der Waals surface area contributed by atoms with E-state index < -0.39 is 0 Å². The van der Waals surface area contributed by atoms with Gasteiger partial charge in [0.2, 0.25) is 0 Å². The maximum absolute atomic E-state index is 3.20. The normalized spacial score (nSPS) is 8.82. The fourth-order valence-electron chi connectivity index (χ4n) is 0.953. The Kier molecular flexibility index (Phi) is 6.41. The van der Waals surface area contributed by atoms with Gasteiger partial charge in [-0.1, -0.05) is 37.6 Å². The molecule has 1 radical (unpaired) electrons. The van der Waals surface area contributed by atoms with E-state index in [2.05, 4.69) is 25.1 Å². The van der Waals surface area contributed by atoms with Gasteiger partial charge in [-0.25, -0.2) is 0 Å². The molecule has 55 valence electrons. The first kappa shape index (κ1) is 10.8. The first-order valence-electron chi connectivity index (χ1n) is 3.89. The number of hydrogen-bond acceptors (Lipinski definition) is 0. The van der Waals surface area contributed by atoms with E-state index in [9.17, 15) is 0 Å². The summed E-state index contributed by atoms with van der Waals surface area (Å²) in [6.45, 7) is 2.21. The van der Waals surface area contributed by atoms with E-state index in [0.29, 0.717) is 0 Å². The van der Waals surface area contributed by atoms with Crippen LogP contribution in [0.15, 0.2) is 24.3 Å². The van der Waals surface area contributed by atoms with Crippen molar-refractivity contribution in [2.75, 3.05) is 0 Å². The molecule has 0 unspecified atom stereocenters. The van der Waals surface area contributed by atoms with Gasteiger partial charge in [0.25, 0.3) is 0 Å². The zero-order valence-corrected chi connectivity index (χ0v) is 6.43. The Labute approximate surface area is 81.2 Å². The average molecular weight is 141 g/mol. The minimum atomic E-state index is 0. The van der Waals surface area contributed by atoms with Crippen molar-refractivity contribution in [1.29, 1.82) is 0 Å². The van der Waals surface area contributed by atoms with Crippen LogP contribution < -0.4 is 0 Å². The second kappa shape index (κ2) is 6.52. The fraction of sp³-hybridized carbons (Fsp3) is 0.400. The molecule has 0 saturated carbocycles. The summed E-state index contributed by atoms with van der Waals surface area (Å²) in [5.41, 5.74) is 1.34. The van der Waals surface area contributed by atoms with E-state index in [4.69, 9.17) is 0 Å². The van der Waals surface area contributed by atoms with Crippen LogP contribution in [0.1, 0.15) is 25.3 Å². The van der Waals surface area contributed by atoms with Gasteiger partial charge in [-0.05, 0) is 24.5 Å². The number of rotatable bonds is 3. The molecule has 0 aliphatic carbocycles. The van der Waals surface area contributed by atoms with Gasteiger partial charge in [-0.15, -0.1) is 0 Å². The van der Waals surface area contributed by atoms with Crippen molar-refractivity contribution < 1.29 is 0 Å². The molecule has 0 fully saturated rings. The van der Waals surface area contributed by atoms with Crippen LogP contribution in [-0.4, -0.2) is 18.9 Å². The van der Waals surface area contributed by atoms with E-state index in [1.165, 1.54) is 24.8 Å². The Morgan fingerprint density at radius 1 is 1.36 bits per heavy atom. The third-order valence-corrected chi connectivity index (χ3v) is 1.57. The first-order valence-corrected chi connectivity index (χ1v) is 3.89. The number of benzene rings is 1. The molecular weight excluding hydrogens is 127 g/mol. The standard InChI is InChI=1S/C10H13.Li.H/c1-2-3-7-10-8-5-4-6-9-10;;/h4-6,8H,2-3,7H2,1H3;;. The Morgan fingerprint density at radius 2 is 2.18 bits per heavy atom. The molecule has 1 aromatic rings. The summed E-state index contributed by atoms with van der Waals surface area (Å²) < 4.78 is 0. The van der Waals surface area contributed by atoms with Crippen molar-refractivity contribution in [2.24, 2.45) is 0 Å². The van der Waals surface area contributed by atoms with E-state index in [-0.39, 0.29) is 18.9 Å². The molecule has 0 aromatic heterocycles. The summed E-state index contributed by atoms with van der Waals surface area (Å²) in [6.07, 6.45) is 3.72. The minimum absolute atomic E-state index is 0. The topological polar surface area (TPSA) is 0 Å². The van der Waals surface area contributed by atoms with Crippen LogP contribution in [0.4, 0.5) is 0 Å². The summed E-state index contributed by atoms with van der Waals surface area (Å²) >= 11 is 0. The Hall–Kier alpha value is -0.183. The van der Waals surface area contributed by atoms with Crippen LogP contribution in [0.2, 0.25) is 0 Å². The van der Waals surface area contributed by atoms with Gasteiger partial charge < -0.3 is 0 Å². The van der Waals surface area contributed by atoms with Crippen molar-refractivity contribution in [1.82, 2.24) is 0 Å². The molecule has 0 aliphatic heterocycles. The van der Waals surface area contributed by atoms with Gasteiger partial charge in [0.15, 0.2) is 0 Å². The third-order valence-electron chi connectivity index (χ3n) is 1.57. The third kappa shape index (κ3) is 4.30. The molecule has 0 saturated heterocycles. The van der Waals surface area contributed by atoms with E-state index in [0.717, 1.165) is 0 Å². The zero-order valence-electron chi connectivity index (χ0n) is 6.43. The summed E-state index contributed by atoms with van der Waals surface area (Å²) in [4.78, 5) is 0.